The standard InChI is InChI=1S/C14H12N2O3/c1-8-7-19-13-4-3-9(5-10(8)13)12-6-11(14(17)18)15-16(12)2/h3-7H,1-2H3,(H,17,18). The van der Waals surface area contributed by atoms with Crippen molar-refractivity contribution in [2.45, 2.75) is 6.92 Å². The third-order valence-corrected chi connectivity index (χ3v) is 3.16. The number of hydrogen-bond donors (Lipinski definition) is 1. The molecule has 0 saturated carbocycles. The smallest absolute Gasteiger partial charge is 0.356 e. The quantitative estimate of drug-likeness (QED) is 0.765. The van der Waals surface area contributed by atoms with Crippen molar-refractivity contribution in [1.82, 2.24) is 9.78 Å². The summed E-state index contributed by atoms with van der Waals surface area (Å²) in [5.74, 6) is -1.03. The van der Waals surface area contributed by atoms with Crippen LogP contribution in [0, 0.1) is 6.92 Å². The minimum absolute atomic E-state index is 0.0431. The van der Waals surface area contributed by atoms with Crippen molar-refractivity contribution in [2.24, 2.45) is 7.05 Å². The molecule has 0 aliphatic carbocycles. The molecule has 1 aromatic carbocycles. The number of carboxylic acid groups (broad SMARTS) is 1. The molecule has 0 atom stereocenters. The highest BCUT2D eigenvalue weighted by Crippen LogP contribution is 2.27. The van der Waals surface area contributed by atoms with Gasteiger partial charge < -0.3 is 9.52 Å². The minimum Gasteiger partial charge on any atom is -0.476 e. The molecule has 0 radical (unpaired) electrons. The molecule has 0 bridgehead atoms. The lowest BCUT2D eigenvalue weighted by Crippen LogP contribution is -1.99. The third kappa shape index (κ3) is 1.79. The van der Waals surface area contributed by atoms with E-state index in [1.165, 1.54) is 0 Å². The van der Waals surface area contributed by atoms with E-state index in [9.17, 15) is 4.79 Å². The summed E-state index contributed by atoms with van der Waals surface area (Å²) in [7, 11) is 1.73. The van der Waals surface area contributed by atoms with E-state index in [-0.39, 0.29) is 5.69 Å². The van der Waals surface area contributed by atoms with Crippen LogP contribution in [0.2, 0.25) is 0 Å². The van der Waals surface area contributed by atoms with Gasteiger partial charge in [0.2, 0.25) is 0 Å². The molecule has 0 aliphatic rings. The number of carbonyl (C=O) groups is 1. The summed E-state index contributed by atoms with van der Waals surface area (Å²) < 4.78 is 6.97. The number of furan rings is 1. The molecule has 0 aliphatic heterocycles. The minimum atomic E-state index is -1.03. The van der Waals surface area contributed by atoms with Gasteiger partial charge >= 0.3 is 5.97 Å². The van der Waals surface area contributed by atoms with Crippen LogP contribution < -0.4 is 0 Å². The van der Waals surface area contributed by atoms with Crippen LogP contribution in [0.15, 0.2) is 34.9 Å². The predicted molar refractivity (Wildman–Crippen MR) is 70.1 cm³/mol. The summed E-state index contributed by atoms with van der Waals surface area (Å²) in [6, 6.07) is 7.33. The molecule has 5 heteroatoms. The summed E-state index contributed by atoms with van der Waals surface area (Å²) in [5, 5.41) is 14.0. The number of aromatic nitrogens is 2. The monoisotopic (exact) mass is 256 g/mol. The molecule has 5 nitrogen and oxygen atoms in total. The van der Waals surface area contributed by atoms with E-state index in [1.54, 1.807) is 24.1 Å². The first kappa shape index (κ1) is 11.5. The first-order valence-corrected chi connectivity index (χ1v) is 5.82. The van der Waals surface area contributed by atoms with Crippen LogP contribution in [0.5, 0.6) is 0 Å². The topological polar surface area (TPSA) is 68.3 Å². The zero-order chi connectivity index (χ0) is 13.6. The second-order valence-corrected chi connectivity index (χ2v) is 4.47. The Labute approximate surface area is 109 Å². The molecule has 0 fully saturated rings. The molecular formula is C14H12N2O3. The van der Waals surface area contributed by atoms with E-state index in [2.05, 4.69) is 5.10 Å². The van der Waals surface area contributed by atoms with Crippen molar-refractivity contribution in [3.05, 3.63) is 41.8 Å². The van der Waals surface area contributed by atoms with Crippen LogP contribution in [-0.2, 0) is 7.05 Å². The highest BCUT2D eigenvalue weighted by atomic mass is 16.4. The van der Waals surface area contributed by atoms with Gasteiger partial charge in [-0.3, -0.25) is 4.68 Å². The molecule has 0 amide bonds. The first-order valence-electron chi connectivity index (χ1n) is 5.82. The number of benzene rings is 1. The summed E-state index contributed by atoms with van der Waals surface area (Å²) >= 11 is 0. The third-order valence-electron chi connectivity index (χ3n) is 3.16. The van der Waals surface area contributed by atoms with Crippen LogP contribution in [0.4, 0.5) is 0 Å². The lowest BCUT2D eigenvalue weighted by atomic mass is 10.1. The maximum Gasteiger partial charge on any atom is 0.356 e. The van der Waals surface area contributed by atoms with Crippen molar-refractivity contribution < 1.29 is 14.3 Å². The van der Waals surface area contributed by atoms with Gasteiger partial charge in [0, 0.05) is 18.0 Å². The number of aromatic carboxylic acids is 1. The molecule has 3 aromatic rings. The fourth-order valence-corrected chi connectivity index (χ4v) is 2.16. The van der Waals surface area contributed by atoms with Gasteiger partial charge in [-0.15, -0.1) is 0 Å². The van der Waals surface area contributed by atoms with Gasteiger partial charge in [0.15, 0.2) is 5.69 Å². The molecule has 96 valence electrons. The highest BCUT2D eigenvalue weighted by molar-refractivity contribution is 5.89. The molecule has 3 rings (SSSR count). The number of rotatable bonds is 2. The highest BCUT2D eigenvalue weighted by Gasteiger charge is 2.13. The van der Waals surface area contributed by atoms with Crippen LogP contribution in [0.1, 0.15) is 16.1 Å². The van der Waals surface area contributed by atoms with Gasteiger partial charge in [0.1, 0.15) is 5.58 Å². The van der Waals surface area contributed by atoms with Gasteiger partial charge in [-0.2, -0.15) is 5.10 Å². The van der Waals surface area contributed by atoms with Gasteiger partial charge in [-0.1, -0.05) is 0 Å². The van der Waals surface area contributed by atoms with E-state index >= 15 is 0 Å². The van der Waals surface area contributed by atoms with Crippen molar-refractivity contribution >= 4 is 16.9 Å². The number of nitrogens with zero attached hydrogens (tertiary/aromatic N) is 2. The van der Waals surface area contributed by atoms with E-state index in [0.29, 0.717) is 0 Å². The Morgan fingerprint density at radius 1 is 1.37 bits per heavy atom. The average molecular weight is 256 g/mol. The second kappa shape index (κ2) is 3.98. The number of fused-ring (bicyclic) bond motifs is 1. The largest absolute Gasteiger partial charge is 0.476 e. The molecule has 2 heterocycles. The average Bonchev–Trinajstić information content (AvgIpc) is 2.93. The molecule has 0 saturated heterocycles. The number of hydrogen-bond acceptors (Lipinski definition) is 3. The Hall–Kier alpha value is -2.56. The maximum atomic E-state index is 10.9. The van der Waals surface area contributed by atoms with Crippen LogP contribution >= 0.6 is 0 Å². The fourth-order valence-electron chi connectivity index (χ4n) is 2.16. The first-order chi connectivity index (χ1) is 9.06. The van der Waals surface area contributed by atoms with Crippen molar-refractivity contribution in [2.75, 3.05) is 0 Å². The lowest BCUT2D eigenvalue weighted by Gasteiger charge is -2.01. The van der Waals surface area contributed by atoms with Gasteiger partial charge in [-0.25, -0.2) is 4.79 Å². The van der Waals surface area contributed by atoms with E-state index in [4.69, 9.17) is 9.52 Å². The lowest BCUT2D eigenvalue weighted by molar-refractivity contribution is 0.0689. The number of aryl methyl sites for hydroxylation is 2. The van der Waals surface area contributed by atoms with Crippen LogP contribution in [0.25, 0.3) is 22.2 Å². The predicted octanol–water partition coefficient (Wildman–Crippen LogP) is 2.84. The molecule has 2 aromatic heterocycles. The van der Waals surface area contributed by atoms with Crippen LogP contribution in [-0.4, -0.2) is 20.9 Å². The summed E-state index contributed by atoms with van der Waals surface area (Å²) in [4.78, 5) is 10.9. The zero-order valence-electron chi connectivity index (χ0n) is 10.5. The molecule has 19 heavy (non-hydrogen) atoms. The molecule has 0 unspecified atom stereocenters. The molecule has 1 N–H and O–H groups in total. The van der Waals surface area contributed by atoms with E-state index in [1.807, 2.05) is 25.1 Å². The van der Waals surface area contributed by atoms with Crippen molar-refractivity contribution in [3.8, 4) is 11.3 Å². The number of carboxylic acids is 1. The molecular weight excluding hydrogens is 244 g/mol. The van der Waals surface area contributed by atoms with E-state index in [0.717, 1.165) is 27.8 Å². The Kier molecular flexibility index (Phi) is 2.41. The van der Waals surface area contributed by atoms with Gasteiger partial charge in [0.25, 0.3) is 0 Å². The van der Waals surface area contributed by atoms with Crippen molar-refractivity contribution in [3.63, 3.8) is 0 Å². The Balaban J connectivity index is 2.18. The summed E-state index contributed by atoms with van der Waals surface area (Å²) in [6.45, 7) is 1.97. The Bertz CT molecular complexity index is 783. The van der Waals surface area contributed by atoms with Crippen LogP contribution in [0.3, 0.4) is 0 Å². The maximum absolute atomic E-state index is 10.9. The Morgan fingerprint density at radius 3 is 2.84 bits per heavy atom. The van der Waals surface area contributed by atoms with E-state index < -0.39 is 5.97 Å². The van der Waals surface area contributed by atoms with Gasteiger partial charge in [0.05, 0.1) is 12.0 Å². The summed E-state index contributed by atoms with van der Waals surface area (Å²) in [6.07, 6.45) is 1.71. The fraction of sp³-hybridized carbons (Fsp3) is 0.143. The zero-order valence-corrected chi connectivity index (χ0v) is 10.5. The normalized spacial score (nSPS) is 11.1. The molecule has 0 spiro atoms. The van der Waals surface area contributed by atoms with Gasteiger partial charge in [-0.05, 0) is 36.8 Å². The summed E-state index contributed by atoms with van der Waals surface area (Å²) in [5.41, 5.74) is 3.60. The SMILES string of the molecule is Cc1coc2ccc(-c3cc(C(=O)O)nn3C)cc12. The van der Waals surface area contributed by atoms with Crippen molar-refractivity contribution in [1.29, 1.82) is 0 Å². The Morgan fingerprint density at radius 2 is 2.16 bits per heavy atom. The second-order valence-electron chi connectivity index (χ2n) is 4.47.